The molecule has 0 bridgehead atoms. The molecule has 3 unspecified atom stereocenters. The van der Waals surface area contributed by atoms with E-state index in [1.54, 1.807) is 0 Å². The highest BCUT2D eigenvalue weighted by Gasteiger charge is 2.30. The summed E-state index contributed by atoms with van der Waals surface area (Å²) in [5, 5.41) is 8.28. The van der Waals surface area contributed by atoms with E-state index in [1.807, 2.05) is 6.20 Å². The zero-order chi connectivity index (χ0) is 14.5. The van der Waals surface area contributed by atoms with E-state index in [0.717, 1.165) is 35.8 Å². The lowest BCUT2D eigenvalue weighted by Gasteiger charge is -2.34. The molecule has 0 aliphatic heterocycles. The van der Waals surface area contributed by atoms with Gasteiger partial charge in [-0.1, -0.05) is 33.6 Å². The van der Waals surface area contributed by atoms with Gasteiger partial charge in [-0.05, 0) is 53.6 Å². The third-order valence-corrected chi connectivity index (χ3v) is 5.05. The normalized spacial score (nSPS) is 24.8. The number of hydrogen-bond acceptors (Lipinski definition) is 2. The Morgan fingerprint density at radius 1 is 1.45 bits per heavy atom. The summed E-state index contributed by atoms with van der Waals surface area (Å²) < 4.78 is 3.35. The third kappa shape index (κ3) is 3.64. The van der Waals surface area contributed by atoms with Gasteiger partial charge in [0, 0.05) is 6.54 Å². The molecule has 1 fully saturated rings. The summed E-state index contributed by atoms with van der Waals surface area (Å²) >= 11 is 3.72. The molecule has 1 aromatic rings. The molecule has 1 saturated carbocycles. The first-order valence-corrected chi connectivity index (χ1v) is 8.91. The van der Waals surface area contributed by atoms with Gasteiger partial charge < -0.3 is 5.32 Å². The predicted octanol–water partition coefficient (Wildman–Crippen LogP) is 4.53. The molecule has 1 N–H and O–H groups in total. The quantitative estimate of drug-likeness (QED) is 0.823. The Kier molecular flexibility index (Phi) is 6.09. The van der Waals surface area contributed by atoms with E-state index in [9.17, 15) is 0 Å². The van der Waals surface area contributed by atoms with Gasteiger partial charge in [0.1, 0.15) is 0 Å². The van der Waals surface area contributed by atoms with E-state index in [1.165, 1.54) is 31.4 Å². The molecule has 1 aliphatic carbocycles. The summed E-state index contributed by atoms with van der Waals surface area (Å²) in [6, 6.07) is 0.436. The van der Waals surface area contributed by atoms with Crippen molar-refractivity contribution in [3.63, 3.8) is 0 Å². The molecule has 0 saturated heterocycles. The largest absolute Gasteiger partial charge is 0.309 e. The van der Waals surface area contributed by atoms with Crippen molar-refractivity contribution in [2.24, 2.45) is 11.8 Å². The van der Waals surface area contributed by atoms with Crippen LogP contribution in [-0.2, 0) is 6.54 Å². The highest BCUT2D eigenvalue weighted by molar-refractivity contribution is 9.10. The van der Waals surface area contributed by atoms with Crippen LogP contribution >= 0.6 is 15.9 Å². The smallest absolute Gasteiger partial charge is 0.0698 e. The van der Waals surface area contributed by atoms with Crippen molar-refractivity contribution in [2.75, 3.05) is 6.54 Å². The number of aryl methyl sites for hydroxylation is 1. The van der Waals surface area contributed by atoms with Crippen LogP contribution in [0.25, 0.3) is 0 Å². The standard InChI is InChI=1S/C16H28BrN3/c1-4-9-20-16(14(17)11-19-20)15(18-5-2)13-8-6-7-12(3)10-13/h11-13,15,18H,4-10H2,1-3H3. The summed E-state index contributed by atoms with van der Waals surface area (Å²) in [4.78, 5) is 0. The maximum absolute atomic E-state index is 4.55. The Labute approximate surface area is 131 Å². The molecule has 114 valence electrons. The molecule has 20 heavy (non-hydrogen) atoms. The van der Waals surface area contributed by atoms with Gasteiger partial charge in [-0.2, -0.15) is 5.10 Å². The van der Waals surface area contributed by atoms with Gasteiger partial charge in [-0.25, -0.2) is 0 Å². The van der Waals surface area contributed by atoms with Crippen LogP contribution < -0.4 is 5.32 Å². The van der Waals surface area contributed by atoms with Crippen molar-refractivity contribution >= 4 is 15.9 Å². The number of rotatable bonds is 6. The lowest BCUT2D eigenvalue weighted by atomic mass is 9.77. The van der Waals surface area contributed by atoms with Crippen molar-refractivity contribution in [3.8, 4) is 0 Å². The Balaban J connectivity index is 2.25. The van der Waals surface area contributed by atoms with Gasteiger partial charge in [-0.3, -0.25) is 4.68 Å². The first-order chi connectivity index (χ1) is 9.67. The molecule has 4 heteroatoms. The highest BCUT2D eigenvalue weighted by Crippen LogP contribution is 2.39. The van der Waals surface area contributed by atoms with Gasteiger partial charge >= 0.3 is 0 Å². The van der Waals surface area contributed by atoms with Gasteiger partial charge in [0.05, 0.1) is 22.4 Å². The summed E-state index contributed by atoms with van der Waals surface area (Å²) in [5.41, 5.74) is 1.35. The van der Waals surface area contributed by atoms with E-state index in [0.29, 0.717) is 6.04 Å². The number of aromatic nitrogens is 2. The van der Waals surface area contributed by atoms with Crippen LogP contribution in [0.1, 0.15) is 64.6 Å². The minimum atomic E-state index is 0.436. The Bertz CT molecular complexity index is 416. The van der Waals surface area contributed by atoms with Crippen LogP contribution in [0, 0.1) is 11.8 Å². The van der Waals surface area contributed by atoms with Crippen LogP contribution in [0.4, 0.5) is 0 Å². The molecule has 0 amide bonds. The maximum Gasteiger partial charge on any atom is 0.0698 e. The highest BCUT2D eigenvalue weighted by atomic mass is 79.9. The van der Waals surface area contributed by atoms with E-state index >= 15 is 0 Å². The van der Waals surface area contributed by atoms with Crippen LogP contribution in [-0.4, -0.2) is 16.3 Å². The molecule has 3 atom stereocenters. The first kappa shape index (κ1) is 16.0. The van der Waals surface area contributed by atoms with Crippen molar-refractivity contribution in [1.82, 2.24) is 15.1 Å². The lowest BCUT2D eigenvalue weighted by molar-refractivity contribution is 0.217. The summed E-state index contributed by atoms with van der Waals surface area (Å²) in [6.07, 6.45) is 8.52. The molecule has 2 rings (SSSR count). The van der Waals surface area contributed by atoms with Crippen LogP contribution in [0.2, 0.25) is 0 Å². The molecular weight excluding hydrogens is 314 g/mol. The maximum atomic E-state index is 4.55. The zero-order valence-corrected chi connectivity index (χ0v) is 14.6. The van der Waals surface area contributed by atoms with Crippen LogP contribution in [0.15, 0.2) is 10.7 Å². The molecular formula is C16H28BrN3. The van der Waals surface area contributed by atoms with Gasteiger partial charge in [0.15, 0.2) is 0 Å². The van der Waals surface area contributed by atoms with Crippen molar-refractivity contribution in [2.45, 2.75) is 65.5 Å². The summed E-state index contributed by atoms with van der Waals surface area (Å²) in [7, 11) is 0. The molecule has 0 spiro atoms. The second-order valence-electron chi connectivity index (χ2n) is 6.17. The van der Waals surface area contributed by atoms with Crippen molar-refractivity contribution in [1.29, 1.82) is 0 Å². The minimum Gasteiger partial charge on any atom is -0.309 e. The molecule has 1 aromatic heterocycles. The molecule has 0 aromatic carbocycles. The molecule has 0 radical (unpaired) electrons. The fourth-order valence-corrected chi connectivity index (χ4v) is 4.10. The molecule has 1 heterocycles. The van der Waals surface area contributed by atoms with E-state index in [4.69, 9.17) is 0 Å². The Morgan fingerprint density at radius 3 is 2.90 bits per heavy atom. The number of nitrogens with zero attached hydrogens (tertiary/aromatic N) is 2. The monoisotopic (exact) mass is 341 g/mol. The average Bonchev–Trinajstić information content (AvgIpc) is 2.78. The van der Waals surface area contributed by atoms with Crippen LogP contribution in [0.5, 0.6) is 0 Å². The third-order valence-electron chi connectivity index (χ3n) is 4.44. The van der Waals surface area contributed by atoms with E-state index in [-0.39, 0.29) is 0 Å². The fraction of sp³-hybridized carbons (Fsp3) is 0.812. The Hall–Kier alpha value is -0.350. The van der Waals surface area contributed by atoms with Crippen molar-refractivity contribution < 1.29 is 0 Å². The van der Waals surface area contributed by atoms with Gasteiger partial charge in [-0.15, -0.1) is 0 Å². The average molecular weight is 342 g/mol. The summed E-state index contributed by atoms with van der Waals surface area (Å²) in [6.45, 7) is 8.83. The topological polar surface area (TPSA) is 29.9 Å². The number of nitrogens with one attached hydrogen (secondary N) is 1. The van der Waals surface area contributed by atoms with Gasteiger partial charge in [0.2, 0.25) is 0 Å². The second kappa shape index (κ2) is 7.60. The summed E-state index contributed by atoms with van der Waals surface area (Å²) in [5.74, 6) is 1.60. The first-order valence-electron chi connectivity index (χ1n) is 8.11. The number of hydrogen-bond donors (Lipinski definition) is 1. The fourth-order valence-electron chi connectivity index (χ4n) is 3.56. The van der Waals surface area contributed by atoms with Gasteiger partial charge in [0.25, 0.3) is 0 Å². The van der Waals surface area contributed by atoms with E-state index < -0.39 is 0 Å². The molecule has 3 nitrogen and oxygen atoms in total. The van der Waals surface area contributed by atoms with Crippen molar-refractivity contribution in [3.05, 3.63) is 16.4 Å². The van der Waals surface area contributed by atoms with Crippen LogP contribution in [0.3, 0.4) is 0 Å². The zero-order valence-electron chi connectivity index (χ0n) is 13.0. The number of halogens is 1. The Morgan fingerprint density at radius 2 is 2.25 bits per heavy atom. The van der Waals surface area contributed by atoms with E-state index in [2.05, 4.69) is 51.8 Å². The predicted molar refractivity (Wildman–Crippen MR) is 87.8 cm³/mol. The second-order valence-corrected chi connectivity index (χ2v) is 7.02. The SMILES string of the molecule is CCCn1ncc(Br)c1C(NCC)C1CCCC(C)C1. The lowest BCUT2D eigenvalue weighted by Crippen LogP contribution is -2.33. The molecule has 1 aliphatic rings. The minimum absolute atomic E-state index is 0.436.